The number of aliphatic hydroxyl groups excluding tert-OH is 1. The van der Waals surface area contributed by atoms with Gasteiger partial charge in [0, 0.05) is 7.11 Å². The largest absolute Gasteiger partial charge is 0.394 e. The minimum Gasteiger partial charge on any atom is -0.394 e. The maximum atomic E-state index is 10.2. The van der Waals surface area contributed by atoms with E-state index < -0.39 is 29.7 Å². The Bertz CT molecular complexity index is 274. The Hall–Kier alpha value is -0.460. The van der Waals surface area contributed by atoms with Crippen LogP contribution in [-0.2, 0) is 14.2 Å². The fourth-order valence-electron chi connectivity index (χ4n) is 2.08. The van der Waals surface area contributed by atoms with Crippen molar-refractivity contribution in [3.8, 4) is 0 Å². The third kappa shape index (κ3) is 3.05. The zero-order valence-electron chi connectivity index (χ0n) is 10.8. The third-order valence-electron chi connectivity index (χ3n) is 2.94. The molecule has 17 heavy (non-hydrogen) atoms. The van der Waals surface area contributed by atoms with E-state index in [1.807, 2.05) is 0 Å². The van der Waals surface area contributed by atoms with Crippen molar-refractivity contribution in [2.45, 2.75) is 50.5 Å². The molecule has 2 N–H and O–H groups in total. The van der Waals surface area contributed by atoms with Gasteiger partial charge in [0.05, 0.1) is 6.61 Å². The van der Waals surface area contributed by atoms with E-state index in [4.69, 9.17) is 14.2 Å². The number of methoxy groups -OCH3 is 1. The second-order valence-electron chi connectivity index (χ2n) is 4.91. The lowest BCUT2D eigenvalue weighted by atomic mass is 9.92. The molecule has 1 rings (SSSR count). The molecule has 0 radical (unpaired) electrons. The molecule has 0 aromatic carbocycles. The number of aliphatic hydroxyl groups is 2. The van der Waals surface area contributed by atoms with Gasteiger partial charge in [0.25, 0.3) is 0 Å². The summed E-state index contributed by atoms with van der Waals surface area (Å²) in [6.45, 7) is 8.47. The van der Waals surface area contributed by atoms with Gasteiger partial charge in [-0.15, -0.1) is 6.58 Å². The molecule has 0 aromatic heterocycles. The lowest BCUT2D eigenvalue weighted by molar-refractivity contribution is -0.173. The third-order valence-corrected chi connectivity index (χ3v) is 2.94. The minimum absolute atomic E-state index is 0.193. The number of hydrogen-bond donors (Lipinski definition) is 2. The highest BCUT2D eigenvalue weighted by atomic mass is 16.8. The van der Waals surface area contributed by atoms with Gasteiger partial charge in [0.15, 0.2) is 5.79 Å². The number of ether oxygens (including phenoxy) is 3. The molecule has 0 aromatic rings. The van der Waals surface area contributed by atoms with Crippen molar-refractivity contribution in [2.75, 3.05) is 13.7 Å². The van der Waals surface area contributed by atoms with E-state index >= 15 is 0 Å². The Balaban J connectivity index is 2.92. The maximum Gasteiger partial charge on any atom is 0.164 e. The zero-order valence-corrected chi connectivity index (χ0v) is 10.8. The SMILES string of the molecule is C=CC(C)(O)C(OC)C1OC(C)(C)OC1CO. The van der Waals surface area contributed by atoms with Crippen molar-refractivity contribution in [1.82, 2.24) is 0 Å². The van der Waals surface area contributed by atoms with E-state index in [-0.39, 0.29) is 6.61 Å². The summed E-state index contributed by atoms with van der Waals surface area (Å²) in [6.07, 6.45) is -0.335. The molecule has 4 atom stereocenters. The summed E-state index contributed by atoms with van der Waals surface area (Å²) in [5, 5.41) is 19.5. The van der Waals surface area contributed by atoms with Crippen LogP contribution >= 0.6 is 0 Å². The zero-order chi connectivity index (χ0) is 13.3. The predicted molar refractivity (Wildman–Crippen MR) is 62.5 cm³/mol. The number of hydrogen-bond acceptors (Lipinski definition) is 5. The van der Waals surface area contributed by atoms with E-state index in [0.717, 1.165) is 0 Å². The first-order valence-electron chi connectivity index (χ1n) is 5.62. The molecule has 0 aliphatic carbocycles. The summed E-state index contributed by atoms with van der Waals surface area (Å²) in [6, 6.07) is 0. The van der Waals surface area contributed by atoms with Gasteiger partial charge < -0.3 is 24.4 Å². The quantitative estimate of drug-likeness (QED) is 0.689. The normalized spacial score (nSPS) is 33.1. The second-order valence-corrected chi connectivity index (χ2v) is 4.91. The average molecular weight is 246 g/mol. The second kappa shape index (κ2) is 5.04. The molecule has 1 fully saturated rings. The van der Waals surface area contributed by atoms with Crippen LogP contribution in [0.1, 0.15) is 20.8 Å². The molecule has 0 spiro atoms. The maximum absolute atomic E-state index is 10.2. The molecule has 1 saturated heterocycles. The molecule has 5 nitrogen and oxygen atoms in total. The van der Waals surface area contributed by atoms with Crippen LogP contribution in [0.25, 0.3) is 0 Å². The van der Waals surface area contributed by atoms with Crippen LogP contribution in [0, 0.1) is 0 Å². The molecular formula is C12H22O5. The first kappa shape index (κ1) is 14.6. The summed E-state index contributed by atoms with van der Waals surface area (Å²) < 4.78 is 16.5. The van der Waals surface area contributed by atoms with Crippen LogP contribution in [0.3, 0.4) is 0 Å². The van der Waals surface area contributed by atoms with Gasteiger partial charge in [0.1, 0.15) is 23.9 Å². The summed E-state index contributed by atoms with van der Waals surface area (Å²) in [4.78, 5) is 0. The Labute approximate surface area is 102 Å². The fraction of sp³-hybridized carbons (Fsp3) is 0.833. The van der Waals surface area contributed by atoms with Gasteiger partial charge in [-0.1, -0.05) is 6.08 Å². The van der Waals surface area contributed by atoms with Crippen LogP contribution in [-0.4, -0.2) is 53.6 Å². The molecule has 1 aliphatic heterocycles. The topological polar surface area (TPSA) is 68.2 Å². The molecule has 100 valence electrons. The van der Waals surface area contributed by atoms with Crippen LogP contribution in [0.4, 0.5) is 0 Å². The van der Waals surface area contributed by atoms with Gasteiger partial charge in [-0.25, -0.2) is 0 Å². The van der Waals surface area contributed by atoms with E-state index in [9.17, 15) is 10.2 Å². The van der Waals surface area contributed by atoms with Crippen LogP contribution < -0.4 is 0 Å². The molecule has 0 saturated carbocycles. The van der Waals surface area contributed by atoms with Gasteiger partial charge in [-0.3, -0.25) is 0 Å². The standard InChI is InChI=1S/C12H22O5/c1-6-12(4,14)10(15-5)9-8(7-13)16-11(2,3)17-9/h6,8-10,13-14H,1,7H2,2-5H3. The molecule has 4 unspecified atom stereocenters. The van der Waals surface area contributed by atoms with Crippen molar-refractivity contribution in [3.63, 3.8) is 0 Å². The fourth-order valence-corrected chi connectivity index (χ4v) is 2.08. The highest BCUT2D eigenvalue weighted by Gasteiger charge is 2.49. The Morgan fingerprint density at radius 3 is 2.53 bits per heavy atom. The first-order chi connectivity index (χ1) is 7.77. The Kier molecular flexibility index (Phi) is 4.33. The van der Waals surface area contributed by atoms with Crippen molar-refractivity contribution < 1.29 is 24.4 Å². The summed E-state index contributed by atoms with van der Waals surface area (Å²) >= 11 is 0. The Morgan fingerprint density at radius 1 is 1.53 bits per heavy atom. The van der Waals surface area contributed by atoms with E-state index in [1.54, 1.807) is 20.8 Å². The molecule has 1 aliphatic rings. The van der Waals surface area contributed by atoms with Crippen LogP contribution in [0.15, 0.2) is 12.7 Å². The predicted octanol–water partition coefficient (Wildman–Crippen LogP) is 0.451. The van der Waals surface area contributed by atoms with E-state index in [2.05, 4.69) is 6.58 Å². The average Bonchev–Trinajstić information content (AvgIpc) is 2.54. The summed E-state index contributed by atoms with van der Waals surface area (Å²) in [5.74, 6) is -0.800. The molecule has 5 heteroatoms. The van der Waals surface area contributed by atoms with Crippen molar-refractivity contribution in [3.05, 3.63) is 12.7 Å². The lowest BCUT2D eigenvalue weighted by Gasteiger charge is -2.34. The molecule has 0 amide bonds. The van der Waals surface area contributed by atoms with Gasteiger partial charge in [0.2, 0.25) is 0 Å². The highest BCUT2D eigenvalue weighted by molar-refractivity contribution is 5.04. The van der Waals surface area contributed by atoms with E-state index in [0.29, 0.717) is 0 Å². The monoisotopic (exact) mass is 246 g/mol. The first-order valence-corrected chi connectivity index (χ1v) is 5.62. The molecular weight excluding hydrogens is 224 g/mol. The smallest absolute Gasteiger partial charge is 0.164 e. The lowest BCUT2D eigenvalue weighted by Crippen LogP contribution is -2.51. The van der Waals surface area contributed by atoms with Crippen molar-refractivity contribution in [2.24, 2.45) is 0 Å². The van der Waals surface area contributed by atoms with Crippen LogP contribution in [0.2, 0.25) is 0 Å². The van der Waals surface area contributed by atoms with Crippen molar-refractivity contribution >= 4 is 0 Å². The van der Waals surface area contributed by atoms with Crippen molar-refractivity contribution in [1.29, 1.82) is 0 Å². The Morgan fingerprint density at radius 2 is 2.12 bits per heavy atom. The summed E-state index contributed by atoms with van der Waals surface area (Å²) in [5.41, 5.74) is -1.25. The molecule has 0 bridgehead atoms. The van der Waals surface area contributed by atoms with Gasteiger partial charge >= 0.3 is 0 Å². The van der Waals surface area contributed by atoms with Gasteiger partial charge in [-0.05, 0) is 20.8 Å². The van der Waals surface area contributed by atoms with Crippen LogP contribution in [0.5, 0.6) is 0 Å². The van der Waals surface area contributed by atoms with Gasteiger partial charge in [-0.2, -0.15) is 0 Å². The van der Waals surface area contributed by atoms with E-state index in [1.165, 1.54) is 13.2 Å². The summed E-state index contributed by atoms with van der Waals surface area (Å²) in [7, 11) is 1.48. The highest BCUT2D eigenvalue weighted by Crippen LogP contribution is 2.34. The minimum atomic E-state index is -1.25. The molecule has 1 heterocycles. The number of rotatable bonds is 5.